The van der Waals surface area contributed by atoms with E-state index in [-0.39, 0.29) is 6.10 Å². The summed E-state index contributed by atoms with van der Waals surface area (Å²) < 4.78 is 21.9. The van der Waals surface area contributed by atoms with Gasteiger partial charge >= 0.3 is 0 Å². The molecule has 1 aromatic carbocycles. The Morgan fingerprint density at radius 2 is 2.17 bits per heavy atom. The highest BCUT2D eigenvalue weighted by molar-refractivity contribution is 5.41. The molecule has 1 aromatic rings. The lowest BCUT2D eigenvalue weighted by Crippen LogP contribution is -2.15. The van der Waals surface area contributed by atoms with Crippen LogP contribution < -0.4 is 15.2 Å². The van der Waals surface area contributed by atoms with Crippen LogP contribution in [0.5, 0.6) is 11.5 Å². The Balaban J connectivity index is 2.16. The van der Waals surface area contributed by atoms with Crippen LogP contribution in [-0.4, -0.2) is 33.5 Å². The smallest absolute Gasteiger partial charge is 0.188 e. The lowest BCUT2D eigenvalue weighted by molar-refractivity contribution is -0.0620. The maximum Gasteiger partial charge on any atom is 0.188 e. The van der Waals surface area contributed by atoms with E-state index >= 15 is 0 Å². The molecule has 1 fully saturated rings. The SMILES string of the molecule is COc1ccc(OC)c(C2OCC(CCN)O2)c1. The summed E-state index contributed by atoms with van der Waals surface area (Å²) >= 11 is 0. The van der Waals surface area contributed by atoms with Crippen LogP contribution in [0, 0.1) is 0 Å². The van der Waals surface area contributed by atoms with Gasteiger partial charge in [-0.15, -0.1) is 0 Å². The lowest BCUT2D eigenvalue weighted by atomic mass is 10.2. The van der Waals surface area contributed by atoms with E-state index in [1.807, 2.05) is 18.2 Å². The fourth-order valence-corrected chi connectivity index (χ4v) is 1.97. The van der Waals surface area contributed by atoms with Gasteiger partial charge in [-0.25, -0.2) is 0 Å². The van der Waals surface area contributed by atoms with E-state index in [9.17, 15) is 0 Å². The molecular weight excluding hydrogens is 234 g/mol. The van der Waals surface area contributed by atoms with Gasteiger partial charge < -0.3 is 24.7 Å². The van der Waals surface area contributed by atoms with E-state index < -0.39 is 6.29 Å². The van der Waals surface area contributed by atoms with Crippen molar-refractivity contribution in [3.8, 4) is 11.5 Å². The summed E-state index contributed by atoms with van der Waals surface area (Å²) in [4.78, 5) is 0. The van der Waals surface area contributed by atoms with Gasteiger partial charge in [-0.3, -0.25) is 0 Å². The summed E-state index contributed by atoms with van der Waals surface area (Å²) in [5.41, 5.74) is 6.36. The second-order valence-electron chi connectivity index (χ2n) is 4.11. The molecule has 1 saturated heterocycles. The number of rotatable bonds is 5. The third kappa shape index (κ3) is 2.75. The van der Waals surface area contributed by atoms with E-state index in [1.165, 1.54) is 0 Å². The Kier molecular flexibility index (Phi) is 4.41. The van der Waals surface area contributed by atoms with Crippen LogP contribution in [0.15, 0.2) is 18.2 Å². The average molecular weight is 253 g/mol. The van der Waals surface area contributed by atoms with Gasteiger partial charge in [-0.2, -0.15) is 0 Å². The predicted octanol–water partition coefficient (Wildman–Crippen LogP) is 1.47. The number of nitrogens with two attached hydrogens (primary N) is 1. The van der Waals surface area contributed by atoms with Crippen molar-refractivity contribution >= 4 is 0 Å². The van der Waals surface area contributed by atoms with Gasteiger partial charge in [0.15, 0.2) is 6.29 Å². The second-order valence-corrected chi connectivity index (χ2v) is 4.11. The van der Waals surface area contributed by atoms with Crippen molar-refractivity contribution in [1.82, 2.24) is 0 Å². The Morgan fingerprint density at radius 1 is 1.33 bits per heavy atom. The maximum absolute atomic E-state index is 5.79. The molecule has 5 heteroatoms. The number of hydrogen-bond acceptors (Lipinski definition) is 5. The molecule has 0 spiro atoms. The summed E-state index contributed by atoms with van der Waals surface area (Å²) in [6.45, 7) is 1.15. The van der Waals surface area contributed by atoms with Crippen LogP contribution in [0.2, 0.25) is 0 Å². The van der Waals surface area contributed by atoms with Gasteiger partial charge in [-0.1, -0.05) is 0 Å². The summed E-state index contributed by atoms with van der Waals surface area (Å²) in [6.07, 6.45) is 0.436. The fraction of sp³-hybridized carbons (Fsp3) is 0.538. The number of benzene rings is 1. The highest BCUT2D eigenvalue weighted by Crippen LogP contribution is 2.36. The van der Waals surface area contributed by atoms with Crippen molar-refractivity contribution in [1.29, 1.82) is 0 Å². The molecule has 5 nitrogen and oxygen atoms in total. The zero-order valence-electron chi connectivity index (χ0n) is 10.7. The monoisotopic (exact) mass is 253 g/mol. The molecule has 2 atom stereocenters. The molecular formula is C13H19NO4. The van der Waals surface area contributed by atoms with Gasteiger partial charge in [0.1, 0.15) is 11.5 Å². The van der Waals surface area contributed by atoms with E-state index in [4.69, 9.17) is 24.7 Å². The van der Waals surface area contributed by atoms with Crippen LogP contribution in [0.1, 0.15) is 18.3 Å². The third-order valence-corrected chi connectivity index (χ3v) is 2.93. The zero-order valence-corrected chi connectivity index (χ0v) is 10.7. The second kappa shape index (κ2) is 6.04. The zero-order chi connectivity index (χ0) is 13.0. The van der Waals surface area contributed by atoms with Crippen molar-refractivity contribution < 1.29 is 18.9 Å². The molecule has 0 radical (unpaired) electrons. The quantitative estimate of drug-likeness (QED) is 0.861. The molecule has 2 N–H and O–H groups in total. The van der Waals surface area contributed by atoms with Gasteiger partial charge in [0, 0.05) is 0 Å². The van der Waals surface area contributed by atoms with Gasteiger partial charge in [0.25, 0.3) is 0 Å². The summed E-state index contributed by atoms with van der Waals surface area (Å²) in [5, 5.41) is 0. The minimum absolute atomic E-state index is 0.0518. The molecule has 1 aliphatic rings. The molecule has 1 aliphatic heterocycles. The molecule has 0 saturated carbocycles. The summed E-state index contributed by atoms with van der Waals surface area (Å²) in [5.74, 6) is 1.48. The van der Waals surface area contributed by atoms with Gasteiger partial charge in [0.2, 0.25) is 0 Å². The molecule has 2 unspecified atom stereocenters. The van der Waals surface area contributed by atoms with Crippen molar-refractivity contribution in [2.45, 2.75) is 18.8 Å². The predicted molar refractivity (Wildman–Crippen MR) is 66.8 cm³/mol. The first-order valence-electron chi connectivity index (χ1n) is 5.97. The minimum Gasteiger partial charge on any atom is -0.497 e. The van der Waals surface area contributed by atoms with Crippen molar-refractivity contribution in [3.05, 3.63) is 23.8 Å². The average Bonchev–Trinajstić information content (AvgIpc) is 2.87. The maximum atomic E-state index is 5.79. The van der Waals surface area contributed by atoms with Crippen LogP contribution >= 0.6 is 0 Å². The van der Waals surface area contributed by atoms with Gasteiger partial charge in [-0.05, 0) is 31.2 Å². The van der Waals surface area contributed by atoms with Crippen LogP contribution in [0.3, 0.4) is 0 Å². The molecule has 0 aliphatic carbocycles. The Hall–Kier alpha value is -1.30. The highest BCUT2D eigenvalue weighted by Gasteiger charge is 2.29. The van der Waals surface area contributed by atoms with Crippen LogP contribution in [0.4, 0.5) is 0 Å². The summed E-state index contributed by atoms with van der Waals surface area (Å²) in [7, 11) is 3.25. The Labute approximate surface area is 107 Å². The normalized spacial score (nSPS) is 23.1. The molecule has 2 rings (SSSR count). The number of hydrogen-bond donors (Lipinski definition) is 1. The van der Waals surface area contributed by atoms with Gasteiger partial charge in [0.05, 0.1) is 32.5 Å². The van der Waals surface area contributed by atoms with E-state index in [0.717, 1.165) is 23.5 Å². The lowest BCUT2D eigenvalue weighted by Gasteiger charge is -2.15. The van der Waals surface area contributed by atoms with E-state index in [2.05, 4.69) is 0 Å². The molecule has 100 valence electrons. The molecule has 0 bridgehead atoms. The first-order valence-corrected chi connectivity index (χ1v) is 5.97. The molecule has 0 amide bonds. The molecule has 18 heavy (non-hydrogen) atoms. The topological polar surface area (TPSA) is 62.9 Å². The van der Waals surface area contributed by atoms with Crippen molar-refractivity contribution in [2.24, 2.45) is 5.73 Å². The van der Waals surface area contributed by atoms with Crippen LogP contribution in [0.25, 0.3) is 0 Å². The summed E-state index contributed by atoms with van der Waals surface area (Å²) in [6, 6.07) is 5.56. The molecule has 1 heterocycles. The van der Waals surface area contributed by atoms with E-state index in [0.29, 0.717) is 13.2 Å². The largest absolute Gasteiger partial charge is 0.497 e. The van der Waals surface area contributed by atoms with E-state index in [1.54, 1.807) is 14.2 Å². The van der Waals surface area contributed by atoms with Crippen molar-refractivity contribution in [2.75, 3.05) is 27.4 Å². The van der Waals surface area contributed by atoms with Crippen molar-refractivity contribution in [3.63, 3.8) is 0 Å². The first-order chi connectivity index (χ1) is 8.78. The highest BCUT2D eigenvalue weighted by atomic mass is 16.7. The molecule has 0 aromatic heterocycles. The fourth-order valence-electron chi connectivity index (χ4n) is 1.97. The third-order valence-electron chi connectivity index (χ3n) is 2.93. The minimum atomic E-state index is -0.411. The Bertz CT molecular complexity index is 397. The Morgan fingerprint density at radius 3 is 2.83 bits per heavy atom. The standard InChI is InChI=1S/C13H19NO4/c1-15-9-3-4-12(16-2)11(7-9)13-17-8-10(18-13)5-6-14/h3-4,7,10,13H,5-6,8,14H2,1-2H3. The first kappa shape index (κ1) is 13.1. The number of methoxy groups -OCH3 is 2. The number of ether oxygens (including phenoxy) is 4. The van der Waals surface area contributed by atoms with Crippen LogP contribution in [-0.2, 0) is 9.47 Å².